The summed E-state index contributed by atoms with van der Waals surface area (Å²) >= 11 is 0. The van der Waals surface area contributed by atoms with E-state index in [4.69, 9.17) is 15.0 Å². The van der Waals surface area contributed by atoms with Crippen LogP contribution >= 0.6 is 0 Å². The number of phenolic OH excluding ortho intramolecular Hbond substituents is 2. The number of aromatic nitrogens is 4. The zero-order valence-corrected chi connectivity index (χ0v) is 32.3. The number of pyridine rings is 2. The highest BCUT2D eigenvalue weighted by Gasteiger charge is 2.30. The maximum atomic E-state index is 13.7. The van der Waals surface area contributed by atoms with Crippen molar-refractivity contribution in [2.24, 2.45) is 0 Å². The molecule has 6 nitrogen and oxygen atoms in total. The molecule has 12 bridgehead atoms. The van der Waals surface area contributed by atoms with Crippen molar-refractivity contribution in [3.8, 4) is 22.6 Å². The van der Waals surface area contributed by atoms with Crippen LogP contribution in [0.2, 0.25) is 0 Å². The predicted octanol–water partition coefficient (Wildman–Crippen LogP) is 13.0. The molecule has 0 fully saturated rings. The van der Waals surface area contributed by atoms with Gasteiger partial charge in [-0.25, -0.2) is 15.0 Å². The predicted molar refractivity (Wildman–Crippen MR) is 226 cm³/mol. The van der Waals surface area contributed by atoms with Crippen LogP contribution in [-0.4, -0.2) is 30.1 Å². The van der Waals surface area contributed by atoms with Crippen LogP contribution in [0.5, 0.6) is 11.5 Å². The van der Waals surface area contributed by atoms with Gasteiger partial charge >= 0.3 is 6.18 Å². The summed E-state index contributed by atoms with van der Waals surface area (Å²) in [5.41, 5.74) is 6.13. The highest BCUT2D eigenvalue weighted by atomic mass is 19.4. The number of hydrogen-bond acceptors (Lipinski definition) is 5. The van der Waals surface area contributed by atoms with Gasteiger partial charge in [-0.15, -0.1) is 0 Å². The van der Waals surface area contributed by atoms with Crippen molar-refractivity contribution in [3.05, 3.63) is 125 Å². The Balaban J connectivity index is 1.52. The number of alkyl halides is 3. The van der Waals surface area contributed by atoms with E-state index in [9.17, 15) is 23.4 Å². The Kier molecular flexibility index (Phi) is 7.94. The fraction of sp³-hybridized carbons (Fsp3) is 0.188. The number of nitrogens with one attached hydrogen (secondary N) is 1. The molecule has 5 heterocycles. The fourth-order valence-electron chi connectivity index (χ4n) is 7.61. The molecule has 1 aliphatic rings. The molecule has 0 unspecified atom stereocenters. The summed E-state index contributed by atoms with van der Waals surface area (Å²) in [5.74, 6) is 0.0238. The van der Waals surface area contributed by atoms with Crippen molar-refractivity contribution in [1.82, 2.24) is 19.9 Å². The van der Waals surface area contributed by atoms with E-state index in [1.165, 1.54) is 12.1 Å². The Morgan fingerprint density at radius 1 is 0.491 bits per heavy atom. The van der Waals surface area contributed by atoms with Crippen LogP contribution in [0.15, 0.2) is 97.1 Å². The smallest absolute Gasteiger partial charge is 0.416 e. The van der Waals surface area contributed by atoms with Crippen LogP contribution in [0.4, 0.5) is 13.2 Å². The Morgan fingerprint density at radius 2 is 0.965 bits per heavy atom. The Labute approximate surface area is 326 Å². The van der Waals surface area contributed by atoms with Gasteiger partial charge in [0.1, 0.15) is 11.5 Å². The maximum Gasteiger partial charge on any atom is 0.416 e. The number of aromatic hydroxyl groups is 2. The van der Waals surface area contributed by atoms with E-state index in [0.717, 1.165) is 34.0 Å². The molecule has 1 aliphatic heterocycles. The van der Waals surface area contributed by atoms with Crippen molar-refractivity contribution in [2.75, 3.05) is 0 Å². The number of H-pyrrole nitrogens is 1. The lowest BCUT2D eigenvalue weighted by molar-refractivity contribution is -0.137. The molecule has 0 amide bonds. The van der Waals surface area contributed by atoms with E-state index in [1.807, 2.05) is 84.9 Å². The average molecular weight is 761 g/mol. The lowest BCUT2D eigenvalue weighted by Gasteiger charge is -2.20. The summed E-state index contributed by atoms with van der Waals surface area (Å²) in [5, 5.41) is 28.1. The normalized spacial score (nSPS) is 13.1. The van der Waals surface area contributed by atoms with Gasteiger partial charge in [0, 0.05) is 48.9 Å². The number of phenols is 2. The van der Waals surface area contributed by atoms with Crippen LogP contribution in [0.25, 0.3) is 88.7 Å². The van der Waals surface area contributed by atoms with Gasteiger partial charge in [-0.2, -0.15) is 13.2 Å². The highest BCUT2D eigenvalue weighted by Crippen LogP contribution is 2.41. The van der Waals surface area contributed by atoms with Gasteiger partial charge in [-0.1, -0.05) is 77.9 Å². The molecule has 0 saturated heterocycles. The minimum absolute atomic E-state index is 0.000186. The first-order valence-corrected chi connectivity index (χ1v) is 18.8. The third-order valence-corrected chi connectivity index (χ3v) is 10.9. The minimum Gasteiger partial charge on any atom is -0.507 e. The zero-order chi connectivity index (χ0) is 40.2. The molecule has 8 aromatic rings. The van der Waals surface area contributed by atoms with Crippen molar-refractivity contribution in [3.63, 3.8) is 0 Å². The van der Waals surface area contributed by atoms with E-state index in [1.54, 1.807) is 0 Å². The monoisotopic (exact) mass is 760 g/mol. The average Bonchev–Trinajstić information content (AvgIpc) is 3.84. The van der Waals surface area contributed by atoms with Crippen LogP contribution in [0, 0.1) is 0 Å². The first-order chi connectivity index (χ1) is 26.9. The lowest BCUT2D eigenvalue weighted by atomic mass is 9.85. The quantitative estimate of drug-likeness (QED) is 0.145. The first kappa shape index (κ1) is 36.2. The second-order valence-electron chi connectivity index (χ2n) is 16.9. The molecular formula is C48H39F3N4O2. The molecule has 284 valence electrons. The van der Waals surface area contributed by atoms with Gasteiger partial charge in [-0.05, 0) is 100 Å². The van der Waals surface area contributed by atoms with E-state index in [-0.39, 0.29) is 22.3 Å². The van der Waals surface area contributed by atoms with E-state index in [0.29, 0.717) is 77.2 Å². The number of hydrogen-bond donors (Lipinski definition) is 3. The fourth-order valence-corrected chi connectivity index (χ4v) is 7.61. The Morgan fingerprint density at radius 3 is 1.51 bits per heavy atom. The molecule has 4 aromatic heterocycles. The summed E-state index contributed by atoms with van der Waals surface area (Å²) in [4.78, 5) is 18.9. The van der Waals surface area contributed by atoms with E-state index in [2.05, 4.69) is 46.5 Å². The molecule has 4 aromatic carbocycles. The number of aromatic amines is 1. The second-order valence-corrected chi connectivity index (χ2v) is 16.9. The van der Waals surface area contributed by atoms with Gasteiger partial charge < -0.3 is 15.2 Å². The first-order valence-electron chi connectivity index (χ1n) is 18.8. The number of halogens is 3. The van der Waals surface area contributed by atoms with Crippen LogP contribution in [-0.2, 0) is 17.0 Å². The second kappa shape index (κ2) is 12.5. The summed E-state index contributed by atoms with van der Waals surface area (Å²) in [7, 11) is 0. The third-order valence-electron chi connectivity index (χ3n) is 10.9. The summed E-state index contributed by atoms with van der Waals surface area (Å²) in [6.45, 7) is 12.6. The van der Waals surface area contributed by atoms with Crippen molar-refractivity contribution in [1.29, 1.82) is 0 Å². The molecule has 0 aliphatic carbocycles. The van der Waals surface area contributed by atoms with Gasteiger partial charge in [0.25, 0.3) is 0 Å². The molecular weight excluding hydrogens is 722 g/mol. The number of nitrogens with zero attached hydrogens (tertiary/aromatic N) is 3. The molecule has 0 spiro atoms. The third kappa shape index (κ3) is 6.18. The largest absolute Gasteiger partial charge is 0.507 e. The summed E-state index contributed by atoms with van der Waals surface area (Å²) < 4.78 is 41.2. The number of benzene rings is 4. The lowest BCUT2D eigenvalue weighted by Crippen LogP contribution is -2.10. The van der Waals surface area contributed by atoms with Crippen LogP contribution in [0.3, 0.4) is 0 Å². The Hall–Kier alpha value is -6.48. The molecule has 0 radical (unpaired) electrons. The minimum atomic E-state index is -4.51. The van der Waals surface area contributed by atoms with Gasteiger partial charge in [0.2, 0.25) is 0 Å². The topological polar surface area (TPSA) is 94.9 Å². The summed E-state index contributed by atoms with van der Waals surface area (Å²) in [6.07, 6.45) is -0.889. The number of rotatable bonds is 1. The molecule has 57 heavy (non-hydrogen) atoms. The maximum absolute atomic E-state index is 13.7. The van der Waals surface area contributed by atoms with E-state index >= 15 is 0 Å². The molecule has 9 heteroatoms. The van der Waals surface area contributed by atoms with Crippen LogP contribution in [0.1, 0.15) is 69.6 Å². The van der Waals surface area contributed by atoms with Gasteiger partial charge in [0.05, 0.1) is 39.0 Å². The van der Waals surface area contributed by atoms with Gasteiger partial charge in [0.15, 0.2) is 0 Å². The number of fused-ring (bicyclic) bond motifs is 14. The van der Waals surface area contributed by atoms with Crippen molar-refractivity contribution < 1.29 is 23.4 Å². The zero-order valence-electron chi connectivity index (χ0n) is 32.3. The SMILES string of the molecule is CC(C)(C)c1cc2c3nc(c(-c4ccc(C(F)(F)F)cc4)c4ccc([nH]4)c4cc(C(C)(C)C)cc(c4O)c4ccc5ccc6ccc(nc6c5n4)c(c1)c2O)C=C3. The summed E-state index contributed by atoms with van der Waals surface area (Å²) in [6, 6.07) is 28.3. The molecule has 0 atom stereocenters. The van der Waals surface area contributed by atoms with Gasteiger partial charge in [-0.3, -0.25) is 0 Å². The van der Waals surface area contributed by atoms with Crippen molar-refractivity contribution >= 4 is 77.6 Å². The standard InChI is InChI=1S/C48H39F3N4O2/c1-46(2,3)29-21-31-35-17-19-39(52-35)41(25-9-13-28(14-10-25)48(49,50)51)40-20-18-36(53-40)32-22-30(47(4,5)6)24-34(45(32)57)38-16-12-27-8-7-26-11-15-37(33(23-29)44(31)56)54-42(26)43(27)55-38/h7-24,52,56-57H,1-6H3. The molecule has 3 N–H and O–H groups in total. The molecule has 0 saturated carbocycles. The highest BCUT2D eigenvalue weighted by molar-refractivity contribution is 6.08. The van der Waals surface area contributed by atoms with Crippen LogP contribution < -0.4 is 0 Å². The molecule has 9 rings (SSSR count). The Bertz CT molecular complexity index is 3150. The van der Waals surface area contributed by atoms with Crippen molar-refractivity contribution in [2.45, 2.75) is 58.5 Å². The van der Waals surface area contributed by atoms with E-state index < -0.39 is 11.7 Å².